The minimum atomic E-state index is -0.450. The number of aromatic nitrogens is 3. The smallest absolute Gasteiger partial charge is 0.360 e. The third-order valence-electron chi connectivity index (χ3n) is 4.03. The number of ether oxygens (including phenoxy) is 1. The molecule has 1 saturated heterocycles. The van der Waals surface area contributed by atoms with Gasteiger partial charge in [-0.25, -0.2) is 9.48 Å². The summed E-state index contributed by atoms with van der Waals surface area (Å²) in [6.07, 6.45) is 4.76. The van der Waals surface area contributed by atoms with Crippen molar-refractivity contribution in [2.45, 2.75) is 51.1 Å². The molecule has 1 aromatic rings. The van der Waals surface area contributed by atoms with Gasteiger partial charge in [0.15, 0.2) is 5.69 Å². The van der Waals surface area contributed by atoms with Crippen LogP contribution in [-0.4, -0.2) is 52.1 Å². The number of hydrogen-bond acceptors (Lipinski definition) is 5. The minimum absolute atomic E-state index is 0.210. The van der Waals surface area contributed by atoms with Crippen LogP contribution in [0.25, 0.3) is 0 Å². The summed E-state index contributed by atoms with van der Waals surface area (Å²) < 4.78 is 6.71. The molecule has 6 nitrogen and oxygen atoms in total. The van der Waals surface area contributed by atoms with Crippen LogP contribution in [0, 0.1) is 0 Å². The van der Waals surface area contributed by atoms with E-state index in [1.54, 1.807) is 11.6 Å². The van der Waals surface area contributed by atoms with Gasteiger partial charge in [-0.1, -0.05) is 11.6 Å². The Morgan fingerprint density at radius 2 is 2.29 bits per heavy atom. The van der Waals surface area contributed by atoms with Crippen LogP contribution in [0.1, 0.15) is 48.8 Å². The van der Waals surface area contributed by atoms with E-state index in [-0.39, 0.29) is 11.6 Å². The molecular formula is C14H23ClN4O2. The predicted octanol–water partition coefficient (Wildman–Crippen LogP) is 2.07. The molecule has 1 aliphatic rings. The van der Waals surface area contributed by atoms with E-state index in [2.05, 4.69) is 22.3 Å². The number of carbonyl (C=O) groups is 1. The first-order valence-corrected chi connectivity index (χ1v) is 8.06. The number of nitrogens with zero attached hydrogens (tertiary/aromatic N) is 4. The van der Waals surface area contributed by atoms with E-state index in [4.69, 9.17) is 16.3 Å². The van der Waals surface area contributed by atoms with Crippen molar-refractivity contribution in [3.63, 3.8) is 0 Å². The summed E-state index contributed by atoms with van der Waals surface area (Å²) in [5.74, 6) is -0.240. The zero-order valence-corrected chi connectivity index (χ0v) is 13.5. The van der Waals surface area contributed by atoms with Crippen LogP contribution >= 0.6 is 11.6 Å². The highest BCUT2D eigenvalue weighted by atomic mass is 35.5. The molecule has 1 unspecified atom stereocenters. The number of piperidine rings is 1. The molecule has 21 heavy (non-hydrogen) atoms. The van der Waals surface area contributed by atoms with Crippen molar-refractivity contribution < 1.29 is 9.53 Å². The van der Waals surface area contributed by atoms with Gasteiger partial charge in [0, 0.05) is 12.6 Å². The number of rotatable bonds is 6. The van der Waals surface area contributed by atoms with Crippen LogP contribution in [0.5, 0.6) is 0 Å². The molecule has 0 saturated carbocycles. The van der Waals surface area contributed by atoms with Crippen molar-refractivity contribution in [3.8, 4) is 0 Å². The molecule has 0 N–H and O–H groups in total. The van der Waals surface area contributed by atoms with Gasteiger partial charge in [0.2, 0.25) is 0 Å². The quantitative estimate of drug-likeness (QED) is 0.594. The van der Waals surface area contributed by atoms with Gasteiger partial charge in [0.1, 0.15) is 0 Å². The molecule has 0 radical (unpaired) electrons. The van der Waals surface area contributed by atoms with Gasteiger partial charge in [-0.05, 0) is 39.8 Å². The summed E-state index contributed by atoms with van der Waals surface area (Å²) in [5.41, 5.74) is 0.887. The molecule has 1 aliphatic heterocycles. The fourth-order valence-electron chi connectivity index (χ4n) is 2.78. The van der Waals surface area contributed by atoms with Crippen molar-refractivity contribution in [1.29, 1.82) is 0 Å². The van der Waals surface area contributed by atoms with Crippen molar-refractivity contribution in [2.24, 2.45) is 0 Å². The normalized spacial score (nSPS) is 19.7. The van der Waals surface area contributed by atoms with Crippen LogP contribution in [0.4, 0.5) is 0 Å². The topological polar surface area (TPSA) is 60.2 Å². The third-order valence-corrected chi connectivity index (χ3v) is 4.28. The van der Waals surface area contributed by atoms with Crippen molar-refractivity contribution in [1.82, 2.24) is 19.9 Å². The fraction of sp³-hybridized carbons (Fsp3) is 0.786. The lowest BCUT2D eigenvalue weighted by molar-refractivity contribution is 0.0518. The molecule has 0 amide bonds. The van der Waals surface area contributed by atoms with Crippen molar-refractivity contribution in [3.05, 3.63) is 11.4 Å². The van der Waals surface area contributed by atoms with Gasteiger partial charge < -0.3 is 9.64 Å². The summed E-state index contributed by atoms with van der Waals surface area (Å²) in [7, 11) is 2.16. The molecule has 1 atom stereocenters. The number of carbonyl (C=O) groups excluding carboxylic acids is 1. The molecule has 0 aliphatic carbocycles. The lowest BCUT2D eigenvalue weighted by Crippen LogP contribution is -2.37. The summed E-state index contributed by atoms with van der Waals surface area (Å²) >= 11 is 5.95. The van der Waals surface area contributed by atoms with Crippen LogP contribution in [0.15, 0.2) is 0 Å². The third kappa shape index (κ3) is 3.95. The molecule has 0 aromatic carbocycles. The number of likely N-dealkylation sites (tertiary alicyclic amines) is 1. The zero-order valence-electron chi connectivity index (χ0n) is 12.7. The monoisotopic (exact) mass is 314 g/mol. The van der Waals surface area contributed by atoms with Crippen molar-refractivity contribution >= 4 is 17.6 Å². The summed E-state index contributed by atoms with van der Waals surface area (Å²) in [5, 5.41) is 7.99. The van der Waals surface area contributed by atoms with Gasteiger partial charge in [0.25, 0.3) is 0 Å². The van der Waals surface area contributed by atoms with Crippen LogP contribution in [0.2, 0.25) is 0 Å². The van der Waals surface area contributed by atoms with E-state index in [1.165, 1.54) is 19.3 Å². The fourth-order valence-corrected chi connectivity index (χ4v) is 3.05. The van der Waals surface area contributed by atoms with E-state index in [1.807, 2.05) is 0 Å². The molecule has 0 bridgehead atoms. The lowest BCUT2D eigenvalue weighted by atomic mass is 10.0. The Kier molecular flexibility index (Phi) is 5.99. The Bertz CT molecular complexity index is 478. The standard InChI is InChI=1S/C14H23ClN4O2/c1-3-21-14(20)13-12(10-15)19(17-16-13)9-7-11-6-4-5-8-18(11)2/h11H,3-10H2,1-2H3. The molecule has 7 heteroatoms. The molecule has 0 spiro atoms. The molecule has 2 heterocycles. The Morgan fingerprint density at radius 3 is 2.95 bits per heavy atom. The van der Waals surface area contributed by atoms with Gasteiger partial charge in [-0.15, -0.1) is 16.7 Å². The number of esters is 1. The summed E-state index contributed by atoms with van der Waals surface area (Å²) in [6.45, 7) is 3.96. The van der Waals surface area contributed by atoms with Crippen LogP contribution in [0.3, 0.4) is 0 Å². The molecule has 118 valence electrons. The Morgan fingerprint density at radius 1 is 1.48 bits per heavy atom. The summed E-state index contributed by atoms with van der Waals surface area (Å²) in [4.78, 5) is 14.2. The van der Waals surface area contributed by atoms with E-state index >= 15 is 0 Å². The largest absolute Gasteiger partial charge is 0.461 e. The second-order valence-electron chi connectivity index (χ2n) is 5.38. The van der Waals surface area contributed by atoms with Crippen LogP contribution in [-0.2, 0) is 17.2 Å². The maximum Gasteiger partial charge on any atom is 0.360 e. The van der Waals surface area contributed by atoms with Gasteiger partial charge in [-0.3, -0.25) is 0 Å². The average molecular weight is 315 g/mol. The highest BCUT2D eigenvalue weighted by molar-refractivity contribution is 6.17. The van der Waals surface area contributed by atoms with E-state index in [0.717, 1.165) is 19.5 Å². The Balaban J connectivity index is 2.01. The first-order chi connectivity index (χ1) is 10.2. The molecule has 1 aromatic heterocycles. The Hall–Kier alpha value is -1.14. The Labute approximate surface area is 130 Å². The molecule has 2 rings (SSSR count). The number of hydrogen-bond donors (Lipinski definition) is 0. The summed E-state index contributed by atoms with van der Waals surface area (Å²) in [6, 6.07) is 0.567. The zero-order chi connectivity index (χ0) is 15.2. The van der Waals surface area contributed by atoms with Gasteiger partial charge in [-0.2, -0.15) is 0 Å². The second-order valence-corrected chi connectivity index (χ2v) is 5.65. The predicted molar refractivity (Wildman–Crippen MR) is 80.4 cm³/mol. The highest BCUT2D eigenvalue weighted by Crippen LogP contribution is 2.19. The molecule has 1 fully saturated rings. The average Bonchev–Trinajstić information content (AvgIpc) is 2.89. The first-order valence-electron chi connectivity index (χ1n) is 7.53. The number of aryl methyl sites for hydroxylation is 1. The van der Waals surface area contributed by atoms with E-state index in [9.17, 15) is 4.79 Å². The van der Waals surface area contributed by atoms with E-state index < -0.39 is 5.97 Å². The second kappa shape index (κ2) is 7.75. The number of alkyl halides is 1. The molecular weight excluding hydrogens is 292 g/mol. The SMILES string of the molecule is CCOC(=O)c1nnn(CCC2CCCCN2C)c1CCl. The minimum Gasteiger partial charge on any atom is -0.461 e. The van der Waals surface area contributed by atoms with Gasteiger partial charge in [0.05, 0.1) is 18.2 Å². The first kappa shape index (κ1) is 16.2. The highest BCUT2D eigenvalue weighted by Gasteiger charge is 2.22. The van der Waals surface area contributed by atoms with Crippen molar-refractivity contribution in [2.75, 3.05) is 20.2 Å². The maximum atomic E-state index is 11.8. The van der Waals surface area contributed by atoms with E-state index in [0.29, 0.717) is 18.3 Å². The maximum absolute atomic E-state index is 11.8. The number of halogens is 1. The van der Waals surface area contributed by atoms with Crippen LogP contribution < -0.4 is 0 Å². The lowest BCUT2D eigenvalue weighted by Gasteiger charge is -2.32. The van der Waals surface area contributed by atoms with Gasteiger partial charge >= 0.3 is 5.97 Å².